The Labute approximate surface area is 66.8 Å². The summed E-state index contributed by atoms with van der Waals surface area (Å²) < 4.78 is 4.83. The Balaban J connectivity index is 3.81. The number of carbonyl (C=O) groups excluding carboxylic acids is 1. The van der Waals surface area contributed by atoms with Crippen molar-refractivity contribution in [1.29, 1.82) is 0 Å². The molecule has 62 valence electrons. The molecule has 0 aromatic heterocycles. The quantitative estimate of drug-likeness (QED) is 0.453. The van der Waals surface area contributed by atoms with Crippen molar-refractivity contribution in [3.05, 3.63) is 12.2 Å². The molecule has 0 spiro atoms. The zero-order valence-corrected chi connectivity index (χ0v) is 7.13. The van der Waals surface area contributed by atoms with Gasteiger partial charge in [-0.15, -0.1) is 0 Å². The van der Waals surface area contributed by atoms with Gasteiger partial charge in [0.05, 0.1) is 7.11 Å². The lowest BCUT2D eigenvalue weighted by atomic mass is 10.3. The van der Waals surface area contributed by atoms with Gasteiger partial charge in [0.2, 0.25) is 5.90 Å². The first kappa shape index (κ1) is 9.88. The van der Waals surface area contributed by atoms with Gasteiger partial charge in [-0.1, -0.05) is 6.08 Å². The lowest BCUT2D eigenvalue weighted by molar-refractivity contribution is -0.116. The van der Waals surface area contributed by atoms with E-state index in [4.69, 9.17) is 4.74 Å². The molecule has 0 rings (SSSR count). The number of carbonyl (C=O) groups is 1. The summed E-state index contributed by atoms with van der Waals surface area (Å²) in [5.41, 5.74) is 0. The standard InChI is InChI=1S/C8H13NO2/c1-7(10)5-4-6-8(9-2)11-3/h4,6H,5H2,1-3H3/b6-4-,9-8?. The third-order valence-electron chi connectivity index (χ3n) is 1.10. The van der Waals surface area contributed by atoms with Gasteiger partial charge in [0.25, 0.3) is 0 Å². The van der Waals surface area contributed by atoms with Crippen molar-refractivity contribution in [2.24, 2.45) is 4.99 Å². The number of methoxy groups -OCH3 is 1. The van der Waals surface area contributed by atoms with Crippen molar-refractivity contribution < 1.29 is 9.53 Å². The highest BCUT2D eigenvalue weighted by Crippen LogP contribution is 1.87. The largest absolute Gasteiger partial charge is 0.481 e. The molecule has 0 saturated carbocycles. The SMILES string of the molecule is CN=C(/C=C\CC(C)=O)OC. The van der Waals surface area contributed by atoms with Crippen LogP contribution in [0.2, 0.25) is 0 Å². The third kappa shape index (κ3) is 5.33. The van der Waals surface area contributed by atoms with Crippen molar-refractivity contribution >= 4 is 11.7 Å². The number of hydrogen-bond acceptors (Lipinski definition) is 3. The first-order valence-corrected chi connectivity index (χ1v) is 3.37. The molecule has 11 heavy (non-hydrogen) atoms. The van der Waals surface area contributed by atoms with E-state index in [9.17, 15) is 4.79 Å². The highest BCUT2D eigenvalue weighted by atomic mass is 16.5. The van der Waals surface area contributed by atoms with Gasteiger partial charge in [-0.25, -0.2) is 0 Å². The maximum absolute atomic E-state index is 10.5. The molecule has 3 heteroatoms. The molecule has 0 heterocycles. The fraction of sp³-hybridized carbons (Fsp3) is 0.500. The Morgan fingerprint density at radius 2 is 2.27 bits per heavy atom. The van der Waals surface area contributed by atoms with Crippen molar-refractivity contribution in [2.75, 3.05) is 14.2 Å². The molecular formula is C8H13NO2. The molecule has 0 amide bonds. The maximum atomic E-state index is 10.5. The van der Waals surface area contributed by atoms with Crippen LogP contribution in [0, 0.1) is 0 Å². The summed E-state index contributed by atoms with van der Waals surface area (Å²) in [6.45, 7) is 1.54. The average Bonchev–Trinajstić information content (AvgIpc) is 1.98. The van der Waals surface area contributed by atoms with E-state index in [-0.39, 0.29) is 5.78 Å². The van der Waals surface area contributed by atoms with Crippen molar-refractivity contribution in [3.8, 4) is 0 Å². The Bertz CT molecular complexity index is 183. The Morgan fingerprint density at radius 3 is 2.64 bits per heavy atom. The van der Waals surface area contributed by atoms with Crippen molar-refractivity contribution in [3.63, 3.8) is 0 Å². The molecule has 0 N–H and O–H groups in total. The lowest BCUT2D eigenvalue weighted by Gasteiger charge is -1.94. The van der Waals surface area contributed by atoms with Gasteiger partial charge in [0, 0.05) is 13.5 Å². The van der Waals surface area contributed by atoms with E-state index in [0.717, 1.165) is 0 Å². The predicted molar refractivity (Wildman–Crippen MR) is 44.8 cm³/mol. The van der Waals surface area contributed by atoms with E-state index >= 15 is 0 Å². The van der Waals surface area contributed by atoms with E-state index < -0.39 is 0 Å². The van der Waals surface area contributed by atoms with Crippen LogP contribution in [0.25, 0.3) is 0 Å². The summed E-state index contributed by atoms with van der Waals surface area (Å²) >= 11 is 0. The van der Waals surface area contributed by atoms with Crippen LogP contribution < -0.4 is 0 Å². The second kappa shape index (κ2) is 5.65. The molecule has 0 unspecified atom stereocenters. The summed E-state index contributed by atoms with van der Waals surface area (Å²) in [6, 6.07) is 0. The van der Waals surface area contributed by atoms with Crippen molar-refractivity contribution in [1.82, 2.24) is 0 Å². The summed E-state index contributed by atoms with van der Waals surface area (Å²) in [7, 11) is 3.18. The van der Waals surface area contributed by atoms with Crippen LogP contribution in [0.1, 0.15) is 13.3 Å². The molecule has 0 atom stereocenters. The zero-order chi connectivity index (χ0) is 8.69. The van der Waals surface area contributed by atoms with Gasteiger partial charge in [-0.05, 0) is 13.0 Å². The van der Waals surface area contributed by atoms with E-state index in [0.29, 0.717) is 12.3 Å². The van der Waals surface area contributed by atoms with Crippen LogP contribution in [-0.2, 0) is 9.53 Å². The molecule has 0 fully saturated rings. The summed E-state index contributed by atoms with van der Waals surface area (Å²) in [6.07, 6.45) is 3.85. The van der Waals surface area contributed by atoms with Crippen LogP contribution in [0.4, 0.5) is 0 Å². The molecule has 0 saturated heterocycles. The fourth-order valence-corrected chi connectivity index (χ4v) is 0.560. The number of nitrogens with zero attached hydrogens (tertiary/aromatic N) is 1. The van der Waals surface area contributed by atoms with Gasteiger partial charge in [0.15, 0.2) is 0 Å². The van der Waals surface area contributed by atoms with E-state index in [1.807, 2.05) is 0 Å². The second-order valence-electron chi connectivity index (χ2n) is 2.07. The smallest absolute Gasteiger partial charge is 0.207 e. The first-order chi connectivity index (χ1) is 5.20. The number of Topliss-reactive ketones (excluding diaryl/α,β-unsaturated/α-hetero) is 1. The predicted octanol–water partition coefficient (Wildman–Crippen LogP) is 1.20. The molecule has 0 aromatic carbocycles. The van der Waals surface area contributed by atoms with Crippen LogP contribution in [-0.4, -0.2) is 25.8 Å². The molecule has 0 aliphatic heterocycles. The third-order valence-corrected chi connectivity index (χ3v) is 1.10. The Hall–Kier alpha value is -1.12. The molecule has 0 aliphatic rings. The minimum atomic E-state index is 0.132. The number of ketones is 1. The van der Waals surface area contributed by atoms with Crippen LogP contribution in [0.5, 0.6) is 0 Å². The summed E-state index contributed by atoms with van der Waals surface area (Å²) in [5.74, 6) is 0.666. The Kier molecular flexibility index (Phi) is 5.07. The van der Waals surface area contributed by atoms with Crippen molar-refractivity contribution in [2.45, 2.75) is 13.3 Å². The Morgan fingerprint density at radius 1 is 1.64 bits per heavy atom. The van der Waals surface area contributed by atoms with E-state index in [2.05, 4.69) is 4.99 Å². The number of hydrogen-bond donors (Lipinski definition) is 0. The molecule has 0 bridgehead atoms. The highest BCUT2D eigenvalue weighted by molar-refractivity contribution is 5.88. The molecule has 0 aromatic rings. The maximum Gasteiger partial charge on any atom is 0.207 e. The topological polar surface area (TPSA) is 38.7 Å². The van der Waals surface area contributed by atoms with E-state index in [1.54, 1.807) is 33.2 Å². The number of allylic oxidation sites excluding steroid dienone is 1. The summed E-state index contributed by atoms with van der Waals surface area (Å²) in [4.78, 5) is 14.3. The van der Waals surface area contributed by atoms with Crippen LogP contribution >= 0.6 is 0 Å². The average molecular weight is 155 g/mol. The van der Waals surface area contributed by atoms with Crippen LogP contribution in [0.3, 0.4) is 0 Å². The molecular weight excluding hydrogens is 142 g/mol. The lowest BCUT2D eigenvalue weighted by Crippen LogP contribution is -1.95. The number of ether oxygens (including phenoxy) is 1. The van der Waals surface area contributed by atoms with Crippen LogP contribution in [0.15, 0.2) is 17.1 Å². The second-order valence-corrected chi connectivity index (χ2v) is 2.07. The van der Waals surface area contributed by atoms with Gasteiger partial charge in [0.1, 0.15) is 5.78 Å². The number of aliphatic imine (C=N–C) groups is 1. The minimum absolute atomic E-state index is 0.132. The zero-order valence-electron chi connectivity index (χ0n) is 7.13. The monoisotopic (exact) mass is 155 g/mol. The first-order valence-electron chi connectivity index (χ1n) is 3.37. The molecule has 0 aliphatic carbocycles. The molecule has 0 radical (unpaired) electrons. The molecule has 3 nitrogen and oxygen atoms in total. The fourth-order valence-electron chi connectivity index (χ4n) is 0.560. The minimum Gasteiger partial charge on any atom is -0.481 e. The number of rotatable bonds is 3. The summed E-state index contributed by atoms with van der Waals surface area (Å²) in [5, 5.41) is 0. The van der Waals surface area contributed by atoms with Gasteiger partial charge in [-0.2, -0.15) is 0 Å². The van der Waals surface area contributed by atoms with E-state index in [1.165, 1.54) is 0 Å². The normalized spacial score (nSPS) is 12.1. The van der Waals surface area contributed by atoms with Gasteiger partial charge < -0.3 is 4.74 Å². The van der Waals surface area contributed by atoms with Gasteiger partial charge >= 0.3 is 0 Å². The van der Waals surface area contributed by atoms with Gasteiger partial charge in [-0.3, -0.25) is 9.79 Å². The highest BCUT2D eigenvalue weighted by Gasteiger charge is 1.89.